The molecule has 0 amide bonds. The van der Waals surface area contributed by atoms with E-state index in [1.54, 1.807) is 0 Å². The van der Waals surface area contributed by atoms with Crippen LogP contribution < -0.4 is 5.32 Å². The summed E-state index contributed by atoms with van der Waals surface area (Å²) in [6.45, 7) is 4.94. The Bertz CT molecular complexity index is 341. The minimum Gasteiger partial charge on any atom is -0.314 e. The van der Waals surface area contributed by atoms with Crippen LogP contribution in [0.1, 0.15) is 19.5 Å². The van der Waals surface area contributed by atoms with Gasteiger partial charge in [0, 0.05) is 36.5 Å². The van der Waals surface area contributed by atoms with Gasteiger partial charge in [-0.15, -0.1) is 0 Å². The van der Waals surface area contributed by atoms with E-state index in [2.05, 4.69) is 10.3 Å². The topological polar surface area (TPSA) is 68.1 Å². The van der Waals surface area contributed by atoms with Gasteiger partial charge < -0.3 is 5.32 Å². The molecule has 0 aliphatic carbocycles. The molecule has 15 heavy (non-hydrogen) atoms. The minimum atomic E-state index is -0.400. The van der Waals surface area contributed by atoms with Crippen LogP contribution in [0, 0.1) is 10.1 Å². The van der Waals surface area contributed by atoms with Gasteiger partial charge in [-0.25, -0.2) is 0 Å². The zero-order valence-electron chi connectivity index (χ0n) is 8.93. The summed E-state index contributed by atoms with van der Waals surface area (Å²) >= 11 is 0. The smallest absolute Gasteiger partial charge is 0.272 e. The van der Waals surface area contributed by atoms with Crippen LogP contribution in [-0.4, -0.2) is 22.5 Å². The van der Waals surface area contributed by atoms with Gasteiger partial charge in [0.1, 0.15) is 0 Å². The summed E-state index contributed by atoms with van der Waals surface area (Å²) in [7, 11) is 0. The lowest BCUT2D eigenvalue weighted by molar-refractivity contribution is -0.385. The summed E-state index contributed by atoms with van der Waals surface area (Å²) < 4.78 is 0. The molecule has 1 atom stereocenters. The molecule has 5 nitrogen and oxygen atoms in total. The van der Waals surface area contributed by atoms with Crippen molar-refractivity contribution in [3.05, 3.63) is 34.1 Å². The molecule has 1 aromatic heterocycles. The first kappa shape index (κ1) is 11.6. The molecule has 5 heteroatoms. The van der Waals surface area contributed by atoms with Crippen LogP contribution in [0.2, 0.25) is 0 Å². The van der Waals surface area contributed by atoms with Crippen molar-refractivity contribution in [3.8, 4) is 0 Å². The third-order valence-electron chi connectivity index (χ3n) is 2.08. The van der Waals surface area contributed by atoms with Crippen LogP contribution in [0.15, 0.2) is 18.3 Å². The quantitative estimate of drug-likeness (QED) is 0.589. The molecule has 0 fully saturated rings. The summed E-state index contributed by atoms with van der Waals surface area (Å²) in [4.78, 5) is 14.2. The van der Waals surface area contributed by atoms with Crippen molar-refractivity contribution in [2.45, 2.75) is 26.3 Å². The van der Waals surface area contributed by atoms with Crippen LogP contribution in [0.25, 0.3) is 0 Å². The van der Waals surface area contributed by atoms with Crippen molar-refractivity contribution < 1.29 is 4.92 Å². The molecule has 1 aromatic rings. The van der Waals surface area contributed by atoms with E-state index in [-0.39, 0.29) is 11.7 Å². The molecule has 0 radical (unpaired) electrons. The predicted octanol–water partition coefficient (Wildman–Crippen LogP) is 1.53. The zero-order valence-corrected chi connectivity index (χ0v) is 8.93. The molecule has 1 N–H and O–H groups in total. The second-order valence-electron chi connectivity index (χ2n) is 3.43. The number of nitro groups is 1. The number of nitrogens with one attached hydrogen (secondary N) is 1. The van der Waals surface area contributed by atoms with Gasteiger partial charge in [0.15, 0.2) is 0 Å². The fourth-order valence-corrected chi connectivity index (χ4v) is 1.42. The molecule has 0 spiro atoms. The van der Waals surface area contributed by atoms with Gasteiger partial charge in [0.05, 0.1) is 4.92 Å². The van der Waals surface area contributed by atoms with Crippen molar-refractivity contribution in [3.63, 3.8) is 0 Å². The summed E-state index contributed by atoms with van der Waals surface area (Å²) in [5.74, 6) is 0. The minimum absolute atomic E-state index is 0.101. The number of nitrogens with zero attached hydrogens (tertiary/aromatic N) is 2. The van der Waals surface area contributed by atoms with Crippen molar-refractivity contribution in [2.24, 2.45) is 0 Å². The van der Waals surface area contributed by atoms with Gasteiger partial charge in [-0.1, -0.05) is 6.92 Å². The summed E-state index contributed by atoms with van der Waals surface area (Å²) in [5.41, 5.74) is 0.848. The Morgan fingerprint density at radius 2 is 2.40 bits per heavy atom. The Labute approximate surface area is 88.7 Å². The van der Waals surface area contributed by atoms with Crippen LogP contribution >= 0.6 is 0 Å². The normalized spacial score (nSPS) is 12.4. The fourth-order valence-electron chi connectivity index (χ4n) is 1.42. The van der Waals surface area contributed by atoms with Gasteiger partial charge in [-0.3, -0.25) is 15.1 Å². The SMILES string of the molecule is CCNC(C)Cc1cc([N+](=O)[O-])ccn1. The van der Waals surface area contributed by atoms with E-state index in [1.165, 1.54) is 18.3 Å². The third-order valence-corrected chi connectivity index (χ3v) is 2.08. The molecule has 0 saturated heterocycles. The summed E-state index contributed by atoms with van der Waals surface area (Å²) in [5, 5.41) is 13.8. The molecular weight excluding hydrogens is 194 g/mol. The lowest BCUT2D eigenvalue weighted by atomic mass is 10.1. The van der Waals surface area contributed by atoms with Gasteiger partial charge in [-0.2, -0.15) is 0 Å². The van der Waals surface area contributed by atoms with Gasteiger partial charge in [0.2, 0.25) is 0 Å². The first-order valence-corrected chi connectivity index (χ1v) is 4.96. The summed E-state index contributed by atoms with van der Waals surface area (Å²) in [6.07, 6.45) is 2.18. The van der Waals surface area contributed by atoms with Crippen LogP contribution in [0.3, 0.4) is 0 Å². The van der Waals surface area contributed by atoms with Gasteiger partial charge in [0.25, 0.3) is 5.69 Å². The maximum Gasteiger partial charge on any atom is 0.272 e. The molecule has 0 aliphatic rings. The Hall–Kier alpha value is -1.49. The number of rotatable bonds is 5. The van der Waals surface area contributed by atoms with Crippen LogP contribution in [0.4, 0.5) is 5.69 Å². The Morgan fingerprint density at radius 1 is 1.67 bits per heavy atom. The van der Waals surface area contributed by atoms with Gasteiger partial charge >= 0.3 is 0 Å². The second-order valence-corrected chi connectivity index (χ2v) is 3.43. The Morgan fingerprint density at radius 3 is 3.00 bits per heavy atom. The number of pyridine rings is 1. The van der Waals surface area contributed by atoms with Crippen molar-refractivity contribution in [1.82, 2.24) is 10.3 Å². The van der Waals surface area contributed by atoms with E-state index < -0.39 is 4.92 Å². The Balaban J connectivity index is 2.69. The number of aromatic nitrogens is 1. The molecule has 1 unspecified atom stereocenters. The highest BCUT2D eigenvalue weighted by molar-refractivity contribution is 5.29. The van der Waals surface area contributed by atoms with Gasteiger partial charge in [-0.05, 0) is 13.5 Å². The highest BCUT2D eigenvalue weighted by atomic mass is 16.6. The third kappa shape index (κ3) is 3.63. The lowest BCUT2D eigenvalue weighted by Gasteiger charge is -2.10. The molecule has 0 aliphatic heterocycles. The molecular formula is C10H15N3O2. The van der Waals surface area contributed by atoms with Crippen molar-refractivity contribution in [2.75, 3.05) is 6.54 Å². The average Bonchev–Trinajstić information content (AvgIpc) is 2.18. The molecule has 1 rings (SSSR count). The number of hydrogen-bond donors (Lipinski definition) is 1. The van der Waals surface area contributed by atoms with E-state index >= 15 is 0 Å². The largest absolute Gasteiger partial charge is 0.314 e. The molecule has 1 heterocycles. The van der Waals surface area contributed by atoms with Crippen molar-refractivity contribution in [1.29, 1.82) is 0 Å². The monoisotopic (exact) mass is 209 g/mol. The van der Waals surface area contributed by atoms with E-state index in [0.717, 1.165) is 12.2 Å². The predicted molar refractivity (Wildman–Crippen MR) is 57.7 cm³/mol. The second kappa shape index (κ2) is 5.41. The van der Waals surface area contributed by atoms with E-state index in [9.17, 15) is 10.1 Å². The standard InChI is InChI=1S/C10H15N3O2/c1-3-11-8(2)6-9-7-10(13(14)15)4-5-12-9/h4-5,7-8,11H,3,6H2,1-2H3. The van der Waals surface area contributed by atoms with E-state index in [0.29, 0.717) is 6.42 Å². The maximum absolute atomic E-state index is 10.5. The fraction of sp³-hybridized carbons (Fsp3) is 0.500. The molecule has 82 valence electrons. The highest BCUT2D eigenvalue weighted by Gasteiger charge is 2.08. The summed E-state index contributed by atoms with van der Waals surface area (Å²) in [6, 6.07) is 3.21. The van der Waals surface area contributed by atoms with Crippen LogP contribution in [-0.2, 0) is 6.42 Å². The molecule has 0 bridgehead atoms. The first-order chi connectivity index (χ1) is 7.13. The lowest BCUT2D eigenvalue weighted by Crippen LogP contribution is -2.27. The van der Waals surface area contributed by atoms with E-state index in [1.807, 2.05) is 13.8 Å². The maximum atomic E-state index is 10.5. The molecule has 0 saturated carbocycles. The van der Waals surface area contributed by atoms with Crippen LogP contribution in [0.5, 0.6) is 0 Å². The highest BCUT2D eigenvalue weighted by Crippen LogP contribution is 2.11. The number of hydrogen-bond acceptors (Lipinski definition) is 4. The first-order valence-electron chi connectivity index (χ1n) is 4.96. The Kier molecular flexibility index (Phi) is 4.17. The molecule has 0 aromatic carbocycles. The average molecular weight is 209 g/mol. The number of likely N-dealkylation sites (N-methyl/N-ethyl adjacent to an activating group) is 1. The van der Waals surface area contributed by atoms with E-state index in [4.69, 9.17) is 0 Å². The van der Waals surface area contributed by atoms with Crippen molar-refractivity contribution >= 4 is 5.69 Å². The zero-order chi connectivity index (χ0) is 11.3.